The number of amides is 2. The third kappa shape index (κ3) is 10.1. The van der Waals surface area contributed by atoms with Gasteiger partial charge in [-0.2, -0.15) is 5.10 Å². The number of carbonyl (C=O) groups excluding carboxylic acids is 2. The lowest BCUT2D eigenvalue weighted by molar-refractivity contribution is -0.121. The molecule has 1 aliphatic heterocycles. The zero-order chi connectivity index (χ0) is 27.3. The van der Waals surface area contributed by atoms with Gasteiger partial charge in [0.15, 0.2) is 0 Å². The topological polar surface area (TPSA) is 121 Å². The number of benzene rings is 2. The number of hydrazone groups is 1. The molecule has 1 saturated carbocycles. The molecular weight excluding hydrogens is 496 g/mol. The number of nitrogens with zero attached hydrogens (tertiary/aromatic N) is 1. The van der Waals surface area contributed by atoms with Crippen LogP contribution in [0.25, 0.3) is 0 Å². The van der Waals surface area contributed by atoms with E-state index in [1.165, 1.54) is 24.8 Å². The number of nitrogens with one attached hydrogen (secondary N) is 3. The van der Waals surface area contributed by atoms with E-state index in [2.05, 4.69) is 21.2 Å². The molecule has 0 saturated heterocycles. The Hall–Kier alpha value is -3.27. The third-order valence-corrected chi connectivity index (χ3v) is 7.04. The van der Waals surface area contributed by atoms with Gasteiger partial charge < -0.3 is 25.2 Å². The van der Waals surface area contributed by atoms with Crippen molar-refractivity contribution in [2.75, 3.05) is 39.5 Å². The fraction of sp³-hybridized carbons (Fsp3) is 0.500. The van der Waals surface area contributed by atoms with Gasteiger partial charge in [-0.25, -0.2) is 5.43 Å². The van der Waals surface area contributed by atoms with Crippen LogP contribution in [0.3, 0.4) is 0 Å². The Morgan fingerprint density at radius 3 is 2.51 bits per heavy atom. The molecule has 1 atom stereocenters. The van der Waals surface area contributed by atoms with Crippen LogP contribution in [-0.2, 0) is 27.2 Å². The van der Waals surface area contributed by atoms with E-state index in [9.17, 15) is 14.7 Å². The smallest absolute Gasteiger partial charge is 0.240 e. The molecule has 0 bridgehead atoms. The molecular formula is C30H40N4O5. The van der Waals surface area contributed by atoms with Crippen LogP contribution in [0, 0.1) is 5.92 Å². The average molecular weight is 537 g/mol. The van der Waals surface area contributed by atoms with Crippen LogP contribution in [-0.4, -0.2) is 68.2 Å². The fourth-order valence-electron chi connectivity index (χ4n) is 4.41. The van der Waals surface area contributed by atoms with Crippen molar-refractivity contribution in [2.24, 2.45) is 11.0 Å². The molecule has 9 heteroatoms. The van der Waals surface area contributed by atoms with Crippen LogP contribution in [0.5, 0.6) is 5.75 Å². The Morgan fingerprint density at radius 1 is 1.05 bits per heavy atom. The molecule has 0 spiro atoms. The number of rotatable bonds is 16. The largest absolute Gasteiger partial charge is 0.491 e. The predicted octanol–water partition coefficient (Wildman–Crippen LogP) is 2.35. The van der Waals surface area contributed by atoms with Gasteiger partial charge in [-0.05, 0) is 54.0 Å². The fourth-order valence-corrected chi connectivity index (χ4v) is 4.41. The molecule has 0 radical (unpaired) electrons. The molecule has 2 aliphatic rings. The summed E-state index contributed by atoms with van der Waals surface area (Å²) >= 11 is 0. The maximum atomic E-state index is 12.2. The maximum Gasteiger partial charge on any atom is 0.240 e. The Morgan fingerprint density at radius 2 is 1.82 bits per heavy atom. The standard InChI is InChI=1S/C30H40N4O5/c35-26(21-39-27-10-6-22(7-11-27)14-17-38-20-24-2-1-3-24)19-31-15-16-32-30(37)18-23-4-8-25(9-5-23)28-12-13-29(36)34-33-28/h4-11,24,26,31,35H,1-3,12-21H2,(H,32,37)(H,34,36). The summed E-state index contributed by atoms with van der Waals surface area (Å²) in [5, 5.41) is 20.3. The Balaban J connectivity index is 1.02. The van der Waals surface area contributed by atoms with Gasteiger partial charge >= 0.3 is 0 Å². The summed E-state index contributed by atoms with van der Waals surface area (Å²) in [6.07, 6.45) is 5.53. The molecule has 1 aliphatic carbocycles. The molecule has 2 aromatic rings. The minimum absolute atomic E-state index is 0.0657. The number of hydrogen-bond donors (Lipinski definition) is 4. The van der Waals surface area contributed by atoms with E-state index < -0.39 is 6.10 Å². The highest BCUT2D eigenvalue weighted by Gasteiger charge is 2.17. The van der Waals surface area contributed by atoms with Crippen molar-refractivity contribution in [3.8, 4) is 5.75 Å². The van der Waals surface area contributed by atoms with E-state index in [0.29, 0.717) is 32.5 Å². The summed E-state index contributed by atoms with van der Waals surface area (Å²) < 4.78 is 11.5. The first-order chi connectivity index (χ1) is 19.0. The molecule has 9 nitrogen and oxygen atoms in total. The van der Waals surface area contributed by atoms with Crippen molar-refractivity contribution in [3.05, 3.63) is 65.2 Å². The predicted molar refractivity (Wildman–Crippen MR) is 150 cm³/mol. The number of carbonyl (C=O) groups is 2. The van der Waals surface area contributed by atoms with Gasteiger partial charge in [-0.15, -0.1) is 0 Å². The van der Waals surface area contributed by atoms with Crippen molar-refractivity contribution >= 4 is 17.5 Å². The maximum absolute atomic E-state index is 12.2. The van der Waals surface area contributed by atoms with Gasteiger partial charge in [0.25, 0.3) is 0 Å². The van der Waals surface area contributed by atoms with Crippen LogP contribution in [0.2, 0.25) is 0 Å². The molecule has 4 rings (SSSR count). The summed E-state index contributed by atoms with van der Waals surface area (Å²) in [7, 11) is 0. The first-order valence-corrected chi connectivity index (χ1v) is 13.9. The summed E-state index contributed by atoms with van der Waals surface area (Å²) in [6.45, 7) is 3.21. The van der Waals surface area contributed by atoms with Gasteiger partial charge in [0.1, 0.15) is 18.5 Å². The first kappa shape index (κ1) is 28.7. The highest BCUT2D eigenvalue weighted by Crippen LogP contribution is 2.26. The second kappa shape index (κ2) is 15.4. The van der Waals surface area contributed by atoms with Crippen molar-refractivity contribution in [3.63, 3.8) is 0 Å². The SMILES string of the molecule is O=C(Cc1ccc(C2=NNC(=O)CC2)cc1)NCCNCC(O)COc1ccc(CCOCC2CCC2)cc1. The summed E-state index contributed by atoms with van der Waals surface area (Å²) in [6, 6.07) is 15.6. The molecule has 1 fully saturated rings. The van der Waals surface area contributed by atoms with E-state index >= 15 is 0 Å². The van der Waals surface area contributed by atoms with Crippen LogP contribution in [0.4, 0.5) is 0 Å². The van der Waals surface area contributed by atoms with Crippen LogP contribution >= 0.6 is 0 Å². The molecule has 39 heavy (non-hydrogen) atoms. The number of aliphatic hydroxyl groups is 1. The highest BCUT2D eigenvalue weighted by molar-refractivity contribution is 6.04. The zero-order valence-electron chi connectivity index (χ0n) is 22.5. The molecule has 4 N–H and O–H groups in total. The summed E-state index contributed by atoms with van der Waals surface area (Å²) in [5.74, 6) is 1.36. The molecule has 2 amide bonds. The average Bonchev–Trinajstić information content (AvgIpc) is 2.92. The van der Waals surface area contributed by atoms with Gasteiger partial charge in [0.2, 0.25) is 11.8 Å². The highest BCUT2D eigenvalue weighted by atomic mass is 16.5. The van der Waals surface area contributed by atoms with E-state index in [1.54, 1.807) is 0 Å². The number of hydrogen-bond acceptors (Lipinski definition) is 7. The van der Waals surface area contributed by atoms with Crippen molar-refractivity contribution in [1.29, 1.82) is 0 Å². The quantitative estimate of drug-likeness (QED) is 0.245. The lowest BCUT2D eigenvalue weighted by Gasteiger charge is -2.24. The second-order valence-corrected chi connectivity index (χ2v) is 10.3. The van der Waals surface area contributed by atoms with Gasteiger partial charge in [0.05, 0.1) is 18.7 Å². The zero-order valence-corrected chi connectivity index (χ0v) is 22.5. The molecule has 1 heterocycles. The lowest BCUT2D eigenvalue weighted by atomic mass is 9.86. The van der Waals surface area contributed by atoms with Crippen molar-refractivity contribution in [1.82, 2.24) is 16.1 Å². The van der Waals surface area contributed by atoms with E-state index in [4.69, 9.17) is 9.47 Å². The van der Waals surface area contributed by atoms with E-state index in [-0.39, 0.29) is 24.8 Å². The van der Waals surface area contributed by atoms with Crippen molar-refractivity contribution in [2.45, 2.75) is 51.0 Å². The van der Waals surface area contributed by atoms with Gasteiger partial charge in [-0.1, -0.05) is 42.8 Å². The first-order valence-electron chi connectivity index (χ1n) is 13.9. The number of ether oxygens (including phenoxy) is 2. The molecule has 1 unspecified atom stereocenters. The van der Waals surface area contributed by atoms with Crippen LogP contribution in [0.15, 0.2) is 53.6 Å². The lowest BCUT2D eigenvalue weighted by Crippen LogP contribution is -2.37. The summed E-state index contributed by atoms with van der Waals surface area (Å²) in [4.78, 5) is 23.5. The Labute approximate surface area is 230 Å². The molecule has 2 aromatic carbocycles. The normalized spacial score (nSPS) is 16.1. The Bertz CT molecular complexity index is 1080. The third-order valence-electron chi connectivity index (χ3n) is 7.04. The van der Waals surface area contributed by atoms with Gasteiger partial charge in [0, 0.05) is 39.1 Å². The van der Waals surface area contributed by atoms with Crippen LogP contribution in [0.1, 0.15) is 48.8 Å². The van der Waals surface area contributed by atoms with Crippen molar-refractivity contribution < 1.29 is 24.2 Å². The van der Waals surface area contributed by atoms with E-state index in [0.717, 1.165) is 48.1 Å². The molecule has 210 valence electrons. The minimum Gasteiger partial charge on any atom is -0.491 e. The minimum atomic E-state index is -0.652. The van der Waals surface area contributed by atoms with Gasteiger partial charge in [-0.3, -0.25) is 9.59 Å². The van der Waals surface area contributed by atoms with E-state index in [1.807, 2.05) is 48.5 Å². The monoisotopic (exact) mass is 536 g/mol. The van der Waals surface area contributed by atoms with Crippen LogP contribution < -0.4 is 20.8 Å². The summed E-state index contributed by atoms with van der Waals surface area (Å²) in [5.41, 5.74) is 6.41. The molecule has 0 aromatic heterocycles. The second-order valence-electron chi connectivity index (χ2n) is 10.3. The Kier molecular flexibility index (Phi) is 11.3. The number of aliphatic hydroxyl groups excluding tert-OH is 1.